The number of hydrogen-bond acceptors (Lipinski definition) is 6. The van der Waals surface area contributed by atoms with Crippen molar-refractivity contribution in [1.82, 2.24) is 10.2 Å². The van der Waals surface area contributed by atoms with Crippen LogP contribution in [-0.4, -0.2) is 63.3 Å². The average Bonchev–Trinajstić information content (AvgIpc) is 3.13. The van der Waals surface area contributed by atoms with E-state index in [4.69, 9.17) is 14.2 Å². The van der Waals surface area contributed by atoms with E-state index in [0.717, 1.165) is 18.5 Å². The van der Waals surface area contributed by atoms with Crippen molar-refractivity contribution in [2.45, 2.75) is 31.8 Å². The summed E-state index contributed by atoms with van der Waals surface area (Å²) >= 11 is 0. The molecule has 0 aromatic heterocycles. The molecule has 1 aliphatic heterocycles. The second-order valence-electron chi connectivity index (χ2n) is 6.36. The number of methoxy groups -OCH3 is 3. The lowest BCUT2D eigenvalue weighted by Crippen LogP contribution is -2.40. The zero-order valence-electron chi connectivity index (χ0n) is 16.4. The minimum absolute atomic E-state index is 0.0903. The Morgan fingerprint density at radius 2 is 1.96 bits per heavy atom. The first-order chi connectivity index (χ1) is 13.0. The number of esters is 1. The lowest BCUT2D eigenvalue weighted by Gasteiger charge is -2.21. The normalized spacial score (nSPS) is 19.3. The summed E-state index contributed by atoms with van der Waals surface area (Å²) in [6, 6.07) is 4.93. The second-order valence-corrected chi connectivity index (χ2v) is 6.36. The standard InChI is InChI=1S/C20H28N2O5/c1-5-10-21-15-12-16(20(24)27-4)22(13-15)19(23)9-7-14-6-8-17(25-2)18(11-14)26-3/h6-9,11,15-16,21H,5,10,12-13H2,1-4H3/b9-7+/t15-,16-/m0/s1. The van der Waals surface area contributed by atoms with Crippen LogP contribution in [0.25, 0.3) is 6.08 Å². The Balaban J connectivity index is 2.12. The van der Waals surface area contributed by atoms with Gasteiger partial charge in [-0.05, 0) is 43.2 Å². The van der Waals surface area contributed by atoms with Crippen molar-refractivity contribution in [2.24, 2.45) is 0 Å². The van der Waals surface area contributed by atoms with E-state index in [1.807, 2.05) is 6.07 Å². The fraction of sp³-hybridized carbons (Fsp3) is 0.500. The van der Waals surface area contributed by atoms with E-state index >= 15 is 0 Å². The molecule has 1 amide bonds. The summed E-state index contributed by atoms with van der Waals surface area (Å²) in [5.74, 6) is 0.602. The largest absolute Gasteiger partial charge is 0.493 e. The lowest BCUT2D eigenvalue weighted by molar-refractivity contribution is -0.149. The number of benzene rings is 1. The minimum atomic E-state index is -0.563. The number of ether oxygens (including phenoxy) is 3. The van der Waals surface area contributed by atoms with Crippen molar-refractivity contribution in [2.75, 3.05) is 34.4 Å². The Morgan fingerprint density at radius 3 is 2.59 bits per heavy atom. The van der Waals surface area contributed by atoms with Gasteiger partial charge in [-0.2, -0.15) is 0 Å². The molecule has 1 aromatic carbocycles. The van der Waals surface area contributed by atoms with Crippen LogP contribution in [0, 0.1) is 0 Å². The number of carbonyl (C=O) groups is 2. The molecule has 7 heteroatoms. The molecule has 27 heavy (non-hydrogen) atoms. The third kappa shape index (κ3) is 5.23. The van der Waals surface area contributed by atoms with Gasteiger partial charge in [0.25, 0.3) is 0 Å². The quantitative estimate of drug-likeness (QED) is 0.551. The van der Waals surface area contributed by atoms with Gasteiger partial charge >= 0.3 is 5.97 Å². The van der Waals surface area contributed by atoms with Crippen molar-refractivity contribution in [3.05, 3.63) is 29.8 Å². The summed E-state index contributed by atoms with van der Waals surface area (Å²) in [6.07, 6.45) is 4.72. The third-order valence-electron chi connectivity index (χ3n) is 4.57. The summed E-state index contributed by atoms with van der Waals surface area (Å²) in [7, 11) is 4.47. The first-order valence-electron chi connectivity index (χ1n) is 9.05. The molecule has 1 aliphatic rings. The van der Waals surface area contributed by atoms with Gasteiger partial charge < -0.3 is 24.4 Å². The summed E-state index contributed by atoms with van der Waals surface area (Å²) < 4.78 is 15.4. The van der Waals surface area contributed by atoms with Crippen molar-refractivity contribution >= 4 is 18.0 Å². The van der Waals surface area contributed by atoms with Crippen LogP contribution in [0.4, 0.5) is 0 Å². The number of nitrogens with zero attached hydrogens (tertiary/aromatic N) is 1. The maximum atomic E-state index is 12.7. The zero-order valence-corrected chi connectivity index (χ0v) is 16.4. The Hall–Kier alpha value is -2.54. The molecule has 2 rings (SSSR count). The molecule has 1 heterocycles. The molecule has 0 saturated carbocycles. The van der Waals surface area contributed by atoms with Crippen molar-refractivity contribution in [3.63, 3.8) is 0 Å². The summed E-state index contributed by atoms with van der Waals surface area (Å²) in [6.45, 7) is 3.41. The fourth-order valence-corrected chi connectivity index (χ4v) is 3.16. The highest BCUT2D eigenvalue weighted by molar-refractivity contribution is 5.95. The van der Waals surface area contributed by atoms with Gasteiger partial charge in [0.15, 0.2) is 11.5 Å². The van der Waals surface area contributed by atoms with Crippen LogP contribution < -0.4 is 14.8 Å². The van der Waals surface area contributed by atoms with E-state index in [1.54, 1.807) is 37.3 Å². The number of likely N-dealkylation sites (tertiary alicyclic amines) is 1. The number of carbonyl (C=O) groups excluding carboxylic acids is 2. The smallest absolute Gasteiger partial charge is 0.328 e. The lowest BCUT2D eigenvalue weighted by atomic mass is 10.1. The van der Waals surface area contributed by atoms with Gasteiger partial charge in [-0.25, -0.2) is 4.79 Å². The summed E-state index contributed by atoms with van der Waals surface area (Å²) in [4.78, 5) is 26.3. The number of rotatable bonds is 8. The van der Waals surface area contributed by atoms with Crippen LogP contribution in [-0.2, 0) is 14.3 Å². The second kappa shape index (κ2) is 9.97. The van der Waals surface area contributed by atoms with Crippen LogP contribution in [0.2, 0.25) is 0 Å². The molecular formula is C20H28N2O5. The monoisotopic (exact) mass is 376 g/mol. The van der Waals surface area contributed by atoms with Crippen LogP contribution in [0.1, 0.15) is 25.3 Å². The average molecular weight is 376 g/mol. The van der Waals surface area contributed by atoms with Crippen LogP contribution in [0.5, 0.6) is 11.5 Å². The number of amides is 1. The highest BCUT2D eigenvalue weighted by Crippen LogP contribution is 2.28. The van der Waals surface area contributed by atoms with Gasteiger partial charge in [-0.1, -0.05) is 13.0 Å². The van der Waals surface area contributed by atoms with Gasteiger partial charge in [-0.15, -0.1) is 0 Å². The van der Waals surface area contributed by atoms with Gasteiger partial charge in [0, 0.05) is 18.7 Å². The maximum Gasteiger partial charge on any atom is 0.328 e. The topological polar surface area (TPSA) is 77.1 Å². The van der Waals surface area contributed by atoms with Gasteiger partial charge in [0.05, 0.1) is 21.3 Å². The van der Waals surface area contributed by atoms with Crippen molar-refractivity contribution in [1.29, 1.82) is 0 Å². The molecule has 1 fully saturated rings. The number of nitrogens with one attached hydrogen (secondary N) is 1. The first-order valence-corrected chi connectivity index (χ1v) is 9.05. The van der Waals surface area contributed by atoms with E-state index in [1.165, 1.54) is 13.2 Å². The molecule has 1 N–H and O–H groups in total. The zero-order chi connectivity index (χ0) is 19.8. The van der Waals surface area contributed by atoms with Crippen molar-refractivity contribution in [3.8, 4) is 11.5 Å². The summed E-state index contributed by atoms with van der Waals surface area (Å²) in [5, 5.41) is 3.37. The Kier molecular flexibility index (Phi) is 7.67. The Labute approximate surface area is 160 Å². The molecule has 0 aliphatic carbocycles. The molecule has 0 bridgehead atoms. The Bertz CT molecular complexity index is 689. The van der Waals surface area contributed by atoms with Crippen LogP contribution in [0.3, 0.4) is 0 Å². The molecule has 0 unspecified atom stereocenters. The molecule has 0 radical (unpaired) electrons. The van der Waals surface area contributed by atoms with Gasteiger partial charge in [0.2, 0.25) is 5.91 Å². The molecule has 148 valence electrons. The Morgan fingerprint density at radius 1 is 1.22 bits per heavy atom. The molecule has 1 saturated heterocycles. The molecule has 1 aromatic rings. The highest BCUT2D eigenvalue weighted by Gasteiger charge is 2.39. The number of hydrogen-bond donors (Lipinski definition) is 1. The predicted molar refractivity (Wildman–Crippen MR) is 103 cm³/mol. The van der Waals surface area contributed by atoms with Crippen LogP contribution >= 0.6 is 0 Å². The highest BCUT2D eigenvalue weighted by atomic mass is 16.5. The fourth-order valence-electron chi connectivity index (χ4n) is 3.16. The SMILES string of the molecule is CCCN[C@H]1C[C@@H](C(=O)OC)N(C(=O)/C=C/c2ccc(OC)c(OC)c2)C1. The molecule has 7 nitrogen and oxygen atoms in total. The minimum Gasteiger partial charge on any atom is -0.493 e. The van der Waals surface area contributed by atoms with Gasteiger partial charge in [0.1, 0.15) is 6.04 Å². The maximum absolute atomic E-state index is 12.7. The van der Waals surface area contributed by atoms with E-state index in [0.29, 0.717) is 24.5 Å². The first kappa shape index (κ1) is 20.8. The molecule has 2 atom stereocenters. The molecule has 0 spiro atoms. The van der Waals surface area contributed by atoms with Crippen LogP contribution in [0.15, 0.2) is 24.3 Å². The molecular weight excluding hydrogens is 348 g/mol. The summed E-state index contributed by atoms with van der Waals surface area (Å²) in [5.41, 5.74) is 0.801. The van der Waals surface area contributed by atoms with E-state index < -0.39 is 6.04 Å². The van der Waals surface area contributed by atoms with Crippen molar-refractivity contribution < 1.29 is 23.8 Å². The van der Waals surface area contributed by atoms with E-state index in [-0.39, 0.29) is 17.9 Å². The van der Waals surface area contributed by atoms with E-state index in [2.05, 4.69) is 12.2 Å². The third-order valence-corrected chi connectivity index (χ3v) is 4.57. The predicted octanol–water partition coefficient (Wildman–Crippen LogP) is 1.86. The van der Waals surface area contributed by atoms with E-state index in [9.17, 15) is 9.59 Å². The van der Waals surface area contributed by atoms with Gasteiger partial charge in [-0.3, -0.25) is 4.79 Å².